The van der Waals surface area contributed by atoms with Crippen molar-refractivity contribution in [1.29, 1.82) is 0 Å². The average molecular weight is 520 g/mol. The fourth-order valence-corrected chi connectivity index (χ4v) is 6.65. The predicted octanol–water partition coefficient (Wildman–Crippen LogP) is 4.60. The van der Waals surface area contributed by atoms with Gasteiger partial charge in [-0.2, -0.15) is 4.31 Å². The third-order valence-electron chi connectivity index (χ3n) is 6.98. The number of hydrogen-bond acceptors (Lipinski definition) is 6. The van der Waals surface area contributed by atoms with E-state index in [9.17, 15) is 17.9 Å². The largest absolute Gasteiger partial charge is 0.454 e. The number of aliphatic hydroxyl groups is 1. The van der Waals surface area contributed by atoms with Gasteiger partial charge < -0.3 is 19.6 Å². The molecule has 0 atom stereocenters. The summed E-state index contributed by atoms with van der Waals surface area (Å²) >= 11 is 0. The molecule has 2 aromatic rings. The molecule has 4 rings (SSSR count). The van der Waals surface area contributed by atoms with Crippen LogP contribution in [0.1, 0.15) is 51.0 Å². The number of halogens is 1. The second-order valence-corrected chi connectivity index (χ2v) is 11.6. The normalized spacial score (nSPS) is 17.1. The monoisotopic (exact) mass is 519 g/mol. The molecule has 9 heteroatoms. The van der Waals surface area contributed by atoms with Gasteiger partial charge in [0.2, 0.25) is 10.0 Å². The van der Waals surface area contributed by atoms with Gasteiger partial charge in [-0.15, -0.1) is 0 Å². The van der Waals surface area contributed by atoms with Crippen molar-refractivity contribution in [2.75, 3.05) is 50.7 Å². The molecule has 1 N–H and O–H groups in total. The zero-order valence-electron chi connectivity index (χ0n) is 21.2. The molecule has 0 aliphatic carbocycles. The van der Waals surface area contributed by atoms with Crippen molar-refractivity contribution >= 4 is 15.7 Å². The molecular weight excluding hydrogens is 481 g/mol. The lowest BCUT2D eigenvalue weighted by Crippen LogP contribution is -2.35. The maximum atomic E-state index is 14.0. The molecule has 2 saturated heterocycles. The van der Waals surface area contributed by atoms with Crippen molar-refractivity contribution in [3.8, 4) is 11.5 Å². The summed E-state index contributed by atoms with van der Waals surface area (Å²) in [5.41, 5.74) is 1.13. The summed E-state index contributed by atoms with van der Waals surface area (Å²) in [6, 6.07) is 9.08. The Morgan fingerprint density at radius 3 is 2.42 bits per heavy atom. The van der Waals surface area contributed by atoms with Crippen LogP contribution >= 0.6 is 0 Å². The molecule has 0 unspecified atom stereocenters. The van der Waals surface area contributed by atoms with E-state index in [2.05, 4.69) is 16.7 Å². The van der Waals surface area contributed by atoms with Crippen LogP contribution in [-0.2, 0) is 16.6 Å². The van der Waals surface area contributed by atoms with E-state index in [1.165, 1.54) is 35.3 Å². The SMILES string of the molecule is CCCCN(CCN1CCCC1)c1cc(CO)cc(S(=O)(=O)N2CCCC2)c1Oc1cccc(F)c1. The Labute approximate surface area is 214 Å². The Morgan fingerprint density at radius 2 is 1.75 bits per heavy atom. The molecule has 0 radical (unpaired) electrons. The van der Waals surface area contributed by atoms with Crippen molar-refractivity contribution in [2.45, 2.75) is 57.0 Å². The van der Waals surface area contributed by atoms with E-state index in [4.69, 9.17) is 4.74 Å². The van der Waals surface area contributed by atoms with Gasteiger partial charge in [0.15, 0.2) is 5.75 Å². The molecule has 0 aromatic heterocycles. The highest BCUT2D eigenvalue weighted by Gasteiger charge is 2.33. The van der Waals surface area contributed by atoms with Crippen LogP contribution in [0, 0.1) is 5.82 Å². The van der Waals surface area contributed by atoms with Gasteiger partial charge in [-0.25, -0.2) is 12.8 Å². The first-order valence-electron chi connectivity index (χ1n) is 13.1. The number of likely N-dealkylation sites (tertiary alicyclic amines) is 1. The molecule has 0 saturated carbocycles. The average Bonchev–Trinajstić information content (AvgIpc) is 3.59. The minimum absolute atomic E-state index is 0.0258. The van der Waals surface area contributed by atoms with Crippen LogP contribution < -0.4 is 9.64 Å². The predicted molar refractivity (Wildman–Crippen MR) is 140 cm³/mol. The molecular formula is C27H38FN3O4S. The third-order valence-corrected chi connectivity index (χ3v) is 8.89. The quantitative estimate of drug-likeness (QED) is 0.442. The Morgan fingerprint density at radius 1 is 1.03 bits per heavy atom. The smallest absolute Gasteiger partial charge is 0.246 e. The van der Waals surface area contributed by atoms with Crippen molar-refractivity contribution in [3.05, 3.63) is 47.8 Å². The minimum atomic E-state index is -3.87. The highest BCUT2D eigenvalue weighted by Crippen LogP contribution is 2.41. The number of benzene rings is 2. The number of hydrogen-bond donors (Lipinski definition) is 1. The summed E-state index contributed by atoms with van der Waals surface area (Å²) in [5.74, 6) is -0.0232. The fraction of sp³-hybridized carbons (Fsp3) is 0.556. The molecule has 2 heterocycles. The van der Waals surface area contributed by atoms with Crippen LogP contribution in [0.3, 0.4) is 0 Å². The second-order valence-electron chi connectivity index (χ2n) is 9.66. The molecule has 2 fully saturated rings. The molecule has 198 valence electrons. The highest BCUT2D eigenvalue weighted by atomic mass is 32.2. The lowest BCUT2D eigenvalue weighted by molar-refractivity contribution is 0.281. The van der Waals surface area contributed by atoms with Crippen LogP contribution in [0.25, 0.3) is 0 Å². The van der Waals surface area contributed by atoms with Crippen molar-refractivity contribution in [1.82, 2.24) is 9.21 Å². The van der Waals surface area contributed by atoms with Crippen LogP contribution in [0.2, 0.25) is 0 Å². The molecule has 0 bridgehead atoms. The van der Waals surface area contributed by atoms with Gasteiger partial charge in [-0.05, 0) is 75.0 Å². The lowest BCUT2D eigenvalue weighted by atomic mass is 10.1. The summed E-state index contributed by atoms with van der Waals surface area (Å²) in [6.07, 6.45) is 5.92. The number of aliphatic hydroxyl groups excluding tert-OH is 1. The summed E-state index contributed by atoms with van der Waals surface area (Å²) in [5, 5.41) is 10.1. The van der Waals surface area contributed by atoms with Gasteiger partial charge in [0.25, 0.3) is 0 Å². The first kappa shape index (κ1) is 26.9. The molecule has 0 spiro atoms. The number of unbranched alkanes of at least 4 members (excludes halogenated alkanes) is 1. The maximum absolute atomic E-state index is 14.0. The number of ether oxygens (including phenoxy) is 1. The lowest BCUT2D eigenvalue weighted by Gasteiger charge is -2.31. The number of sulfonamides is 1. The zero-order chi connectivity index (χ0) is 25.5. The molecule has 0 amide bonds. The van der Waals surface area contributed by atoms with Gasteiger partial charge >= 0.3 is 0 Å². The van der Waals surface area contributed by atoms with Gasteiger partial charge in [-0.3, -0.25) is 0 Å². The van der Waals surface area contributed by atoms with Gasteiger partial charge in [-0.1, -0.05) is 19.4 Å². The van der Waals surface area contributed by atoms with E-state index in [0.717, 1.165) is 51.9 Å². The van der Waals surface area contributed by atoms with Crippen LogP contribution in [0.4, 0.5) is 10.1 Å². The number of nitrogens with zero attached hydrogens (tertiary/aromatic N) is 3. The number of anilines is 1. The molecule has 2 aromatic carbocycles. The molecule has 2 aliphatic rings. The summed E-state index contributed by atoms with van der Waals surface area (Å²) < 4.78 is 49.3. The van der Waals surface area contributed by atoms with E-state index in [1.807, 2.05) is 6.07 Å². The van der Waals surface area contributed by atoms with E-state index < -0.39 is 15.8 Å². The molecule has 2 aliphatic heterocycles. The van der Waals surface area contributed by atoms with Gasteiger partial charge in [0.05, 0.1) is 12.3 Å². The first-order chi connectivity index (χ1) is 17.4. The van der Waals surface area contributed by atoms with Gasteiger partial charge in [0.1, 0.15) is 16.5 Å². The fourth-order valence-electron chi connectivity index (χ4n) is 4.95. The Bertz CT molecular complexity index is 1120. The van der Waals surface area contributed by atoms with Crippen molar-refractivity contribution in [2.24, 2.45) is 0 Å². The van der Waals surface area contributed by atoms with Crippen molar-refractivity contribution < 1.29 is 22.7 Å². The van der Waals surface area contributed by atoms with Gasteiger partial charge in [0, 0.05) is 38.8 Å². The molecule has 7 nitrogen and oxygen atoms in total. The summed E-state index contributed by atoms with van der Waals surface area (Å²) in [7, 11) is -3.87. The summed E-state index contributed by atoms with van der Waals surface area (Å²) in [6.45, 7) is 7.17. The molecule has 36 heavy (non-hydrogen) atoms. The van der Waals surface area contributed by atoms with E-state index >= 15 is 0 Å². The minimum Gasteiger partial charge on any atom is -0.454 e. The van der Waals surface area contributed by atoms with Crippen LogP contribution in [0.15, 0.2) is 41.3 Å². The Kier molecular flexibility index (Phi) is 9.22. The first-order valence-corrected chi connectivity index (χ1v) is 14.5. The van der Waals surface area contributed by atoms with E-state index in [0.29, 0.717) is 30.9 Å². The summed E-state index contributed by atoms with van der Waals surface area (Å²) in [4.78, 5) is 4.61. The van der Waals surface area contributed by atoms with E-state index in [1.54, 1.807) is 12.1 Å². The van der Waals surface area contributed by atoms with Crippen LogP contribution in [-0.4, -0.2) is 68.5 Å². The Balaban J connectivity index is 1.81. The maximum Gasteiger partial charge on any atom is 0.246 e. The number of rotatable bonds is 12. The second kappa shape index (κ2) is 12.4. The van der Waals surface area contributed by atoms with Crippen molar-refractivity contribution in [3.63, 3.8) is 0 Å². The van der Waals surface area contributed by atoms with E-state index in [-0.39, 0.29) is 23.0 Å². The topological polar surface area (TPSA) is 73.3 Å². The standard InChI is InChI=1S/C27H38FN3O4S/c1-2-3-13-30(17-16-29-11-4-5-12-29)25-18-22(21-32)19-26(36(33,34)31-14-6-7-15-31)27(25)35-24-10-8-9-23(28)20-24/h8-10,18-20,32H,2-7,11-17,21H2,1H3. The highest BCUT2D eigenvalue weighted by molar-refractivity contribution is 7.89. The Hall–Kier alpha value is -2.20. The van der Waals surface area contributed by atoms with Crippen LogP contribution in [0.5, 0.6) is 11.5 Å². The zero-order valence-corrected chi connectivity index (χ0v) is 22.0. The third kappa shape index (κ3) is 6.37.